The van der Waals surface area contributed by atoms with Crippen LogP contribution < -0.4 is 10.2 Å². The number of pyridine rings is 3. The molecule has 0 spiro atoms. The summed E-state index contributed by atoms with van der Waals surface area (Å²) in [6, 6.07) is 10.1. The van der Waals surface area contributed by atoms with Crippen molar-refractivity contribution in [3.8, 4) is 11.3 Å². The minimum Gasteiger partial charge on any atom is -0.484 e. The Kier molecular flexibility index (Phi) is 7.30. The van der Waals surface area contributed by atoms with Gasteiger partial charge in [0.1, 0.15) is 11.6 Å². The molecule has 5 rings (SSSR count). The van der Waals surface area contributed by atoms with E-state index in [-0.39, 0.29) is 0 Å². The van der Waals surface area contributed by atoms with Crippen LogP contribution in [0.1, 0.15) is 26.7 Å². The summed E-state index contributed by atoms with van der Waals surface area (Å²) < 4.78 is 7.43. The number of aromatic nitrogens is 5. The number of piperidine rings is 1. The quantitative estimate of drug-likeness (QED) is 0.280. The van der Waals surface area contributed by atoms with E-state index in [1.807, 2.05) is 43.8 Å². The van der Waals surface area contributed by atoms with E-state index in [4.69, 9.17) is 14.7 Å². The van der Waals surface area contributed by atoms with Gasteiger partial charge in [0.2, 0.25) is 0 Å². The molecule has 0 amide bonds. The second-order valence-electron chi connectivity index (χ2n) is 9.90. The van der Waals surface area contributed by atoms with Gasteiger partial charge in [-0.25, -0.2) is 9.97 Å². The highest BCUT2D eigenvalue weighted by Gasteiger charge is 2.26. The van der Waals surface area contributed by atoms with Crippen molar-refractivity contribution < 1.29 is 4.74 Å². The third-order valence-electron chi connectivity index (χ3n) is 6.60. The summed E-state index contributed by atoms with van der Waals surface area (Å²) in [5, 5.41) is 9.83. The number of fused-ring (bicyclic) bond motifs is 1. The van der Waals surface area contributed by atoms with Gasteiger partial charge in [-0.3, -0.25) is 14.7 Å². The largest absolute Gasteiger partial charge is 0.484 e. The first-order valence-corrected chi connectivity index (χ1v) is 12.8. The fourth-order valence-electron chi connectivity index (χ4n) is 4.71. The van der Waals surface area contributed by atoms with Crippen LogP contribution in [0.4, 0.5) is 17.5 Å². The van der Waals surface area contributed by atoms with E-state index in [2.05, 4.69) is 51.3 Å². The van der Waals surface area contributed by atoms with Crippen LogP contribution in [0.15, 0.2) is 60.1 Å². The molecule has 37 heavy (non-hydrogen) atoms. The maximum absolute atomic E-state index is 5.67. The predicted molar refractivity (Wildman–Crippen MR) is 148 cm³/mol. The van der Waals surface area contributed by atoms with Gasteiger partial charge in [0, 0.05) is 79.8 Å². The zero-order chi connectivity index (χ0) is 25.8. The van der Waals surface area contributed by atoms with E-state index >= 15 is 0 Å². The van der Waals surface area contributed by atoms with Gasteiger partial charge in [-0.2, -0.15) is 5.10 Å². The molecule has 1 fully saturated rings. The highest BCUT2D eigenvalue weighted by atomic mass is 16.5. The predicted octanol–water partition coefficient (Wildman–Crippen LogP) is 5.09. The minimum atomic E-state index is 0.344. The van der Waals surface area contributed by atoms with Crippen molar-refractivity contribution in [1.82, 2.24) is 24.7 Å². The van der Waals surface area contributed by atoms with Crippen molar-refractivity contribution in [3.05, 3.63) is 55.1 Å². The highest BCUT2D eigenvalue weighted by molar-refractivity contribution is 5.94. The van der Waals surface area contributed by atoms with Gasteiger partial charge in [0.05, 0.1) is 12.8 Å². The maximum atomic E-state index is 5.67. The molecule has 9 heteroatoms. The number of anilines is 3. The molecule has 5 heterocycles. The topological polar surface area (TPSA) is 93.3 Å². The first-order chi connectivity index (χ1) is 18.0. The number of nitrogens with zero attached hydrogens (tertiary/aromatic N) is 7. The minimum absolute atomic E-state index is 0.344. The molecule has 1 N–H and O–H groups in total. The molecule has 0 aromatic carbocycles. The first kappa shape index (κ1) is 24.7. The summed E-state index contributed by atoms with van der Waals surface area (Å²) in [4.78, 5) is 21.1. The number of aliphatic imine (C=N–C) groups is 1. The first-order valence-electron chi connectivity index (χ1n) is 12.8. The maximum Gasteiger partial charge on any atom is 0.186 e. The van der Waals surface area contributed by atoms with Crippen molar-refractivity contribution in [2.45, 2.75) is 26.7 Å². The number of hydrogen-bond acceptors (Lipinski definition) is 8. The molecule has 1 saturated heterocycles. The lowest BCUT2D eigenvalue weighted by Gasteiger charge is -2.33. The molecule has 9 nitrogen and oxygen atoms in total. The summed E-state index contributed by atoms with van der Waals surface area (Å²) in [5.74, 6) is 4.20. The van der Waals surface area contributed by atoms with Gasteiger partial charge in [-0.15, -0.1) is 0 Å². The van der Waals surface area contributed by atoms with Crippen LogP contribution in [0.5, 0.6) is 0 Å². The molecule has 1 aliphatic heterocycles. The Labute approximate surface area is 217 Å². The fraction of sp³-hybridized carbons (Fsp3) is 0.393. The normalized spacial score (nSPS) is 14.9. The lowest BCUT2D eigenvalue weighted by atomic mass is 9.96. The van der Waals surface area contributed by atoms with Crippen molar-refractivity contribution in [2.24, 2.45) is 23.9 Å². The van der Waals surface area contributed by atoms with Crippen LogP contribution >= 0.6 is 0 Å². The molecule has 0 bridgehead atoms. The summed E-state index contributed by atoms with van der Waals surface area (Å²) in [6.07, 6.45) is 9.40. The summed E-state index contributed by atoms with van der Waals surface area (Å²) in [5.41, 5.74) is 1.87. The van der Waals surface area contributed by atoms with Gasteiger partial charge >= 0.3 is 0 Å². The van der Waals surface area contributed by atoms with E-state index in [1.165, 1.54) is 0 Å². The monoisotopic (exact) mass is 498 g/mol. The van der Waals surface area contributed by atoms with Crippen LogP contribution in [0, 0.1) is 11.8 Å². The van der Waals surface area contributed by atoms with Gasteiger partial charge in [-0.05, 0) is 43.0 Å². The third-order valence-corrected chi connectivity index (χ3v) is 6.60. The lowest BCUT2D eigenvalue weighted by molar-refractivity contribution is 0.339. The number of methoxy groups -OCH3 is 1. The van der Waals surface area contributed by atoms with E-state index in [0.29, 0.717) is 11.8 Å². The van der Waals surface area contributed by atoms with E-state index < -0.39 is 0 Å². The molecule has 0 unspecified atom stereocenters. The third kappa shape index (κ3) is 5.71. The van der Waals surface area contributed by atoms with Crippen LogP contribution in [0.25, 0.3) is 22.0 Å². The standard InChI is InChI=1S/C28H34N8O/c1-19(2)17-31-28(37-4)20-7-13-36(14-8-20)27-23-6-10-29-18-22(23)15-24(32-27)21-5-11-30-26(16-21)33-25-9-12-35(3)34-25/h5-6,9-12,15-16,18-20H,7-8,13-14,17H2,1-4H3,(H,30,33,34). The molecular formula is C28H34N8O. The number of hydrogen-bond donors (Lipinski definition) is 1. The van der Waals surface area contributed by atoms with Crippen molar-refractivity contribution in [1.29, 1.82) is 0 Å². The SMILES string of the molecule is COC(=NCC(C)C)C1CCN(c2nc(-c3ccnc(Nc4ccn(C)n4)c3)cc3cnccc23)CC1. The number of aryl methyl sites for hydroxylation is 1. The Morgan fingerprint density at radius 1 is 1.14 bits per heavy atom. The Morgan fingerprint density at radius 2 is 1.97 bits per heavy atom. The molecule has 0 radical (unpaired) electrons. The number of rotatable bonds is 7. The van der Waals surface area contributed by atoms with E-state index in [0.717, 1.165) is 77.9 Å². The van der Waals surface area contributed by atoms with Crippen LogP contribution in [0.3, 0.4) is 0 Å². The van der Waals surface area contributed by atoms with Crippen LogP contribution in [0.2, 0.25) is 0 Å². The second kappa shape index (κ2) is 10.9. The van der Waals surface area contributed by atoms with Gasteiger partial charge in [0.25, 0.3) is 0 Å². The number of nitrogens with one attached hydrogen (secondary N) is 1. The molecule has 192 valence electrons. The Morgan fingerprint density at radius 3 is 2.70 bits per heavy atom. The van der Waals surface area contributed by atoms with Gasteiger partial charge in [-0.1, -0.05) is 13.8 Å². The smallest absolute Gasteiger partial charge is 0.186 e. The van der Waals surface area contributed by atoms with Crippen molar-refractivity contribution in [3.63, 3.8) is 0 Å². The summed E-state index contributed by atoms with van der Waals surface area (Å²) >= 11 is 0. The average molecular weight is 499 g/mol. The zero-order valence-electron chi connectivity index (χ0n) is 21.9. The molecule has 4 aromatic heterocycles. The highest BCUT2D eigenvalue weighted by Crippen LogP contribution is 2.33. The summed E-state index contributed by atoms with van der Waals surface area (Å²) in [6.45, 7) is 6.95. The van der Waals surface area contributed by atoms with Gasteiger partial charge < -0.3 is 15.0 Å². The van der Waals surface area contributed by atoms with Gasteiger partial charge in [0.15, 0.2) is 11.7 Å². The van der Waals surface area contributed by atoms with Crippen molar-refractivity contribution in [2.75, 3.05) is 37.0 Å². The molecule has 0 aliphatic carbocycles. The van der Waals surface area contributed by atoms with Crippen LogP contribution in [-0.4, -0.2) is 57.4 Å². The molecule has 0 saturated carbocycles. The lowest BCUT2D eigenvalue weighted by Crippen LogP contribution is -2.37. The molecule has 0 atom stereocenters. The van der Waals surface area contributed by atoms with Crippen LogP contribution in [-0.2, 0) is 11.8 Å². The fourth-order valence-corrected chi connectivity index (χ4v) is 4.71. The number of ether oxygens (including phenoxy) is 1. The summed E-state index contributed by atoms with van der Waals surface area (Å²) in [7, 11) is 3.63. The Hall–Kier alpha value is -4.01. The van der Waals surface area contributed by atoms with E-state index in [1.54, 1.807) is 18.0 Å². The molecule has 1 aliphatic rings. The average Bonchev–Trinajstić information content (AvgIpc) is 3.33. The molecular weight excluding hydrogens is 464 g/mol. The van der Waals surface area contributed by atoms with Crippen molar-refractivity contribution >= 4 is 34.1 Å². The zero-order valence-corrected chi connectivity index (χ0v) is 21.9. The Balaban J connectivity index is 1.41. The second-order valence-corrected chi connectivity index (χ2v) is 9.90. The molecule has 4 aromatic rings. The Bertz CT molecular complexity index is 1390. The van der Waals surface area contributed by atoms with E-state index in [9.17, 15) is 0 Å².